The molecule has 0 atom stereocenters. The van der Waals surface area contributed by atoms with Crippen LogP contribution in [0.1, 0.15) is 72.1 Å². The molecule has 0 heterocycles. The maximum Gasteiger partial charge on any atom is 0.0107 e. The Bertz CT molecular complexity index is 148. The summed E-state index contributed by atoms with van der Waals surface area (Å²) in [6.07, 6.45) is 11.4. The van der Waals surface area contributed by atoms with Gasteiger partial charge in [-0.2, -0.15) is 0 Å². The van der Waals surface area contributed by atoms with Gasteiger partial charge >= 0.3 is 0 Å². The van der Waals surface area contributed by atoms with Crippen LogP contribution in [0.5, 0.6) is 0 Å². The zero-order valence-corrected chi connectivity index (χ0v) is 13.1. The summed E-state index contributed by atoms with van der Waals surface area (Å²) in [6, 6.07) is 0. The molecule has 0 aliphatic rings. The molecule has 0 aliphatic carbocycles. The second-order valence-electron chi connectivity index (χ2n) is 5.26. The van der Waals surface area contributed by atoms with Crippen LogP contribution < -0.4 is 5.32 Å². The van der Waals surface area contributed by atoms with Crippen LogP contribution in [0.3, 0.4) is 0 Å². The first kappa shape index (κ1) is 17.9. The van der Waals surface area contributed by atoms with Crippen molar-refractivity contribution < 1.29 is 0 Å². The predicted molar refractivity (Wildman–Crippen MR) is 83.3 cm³/mol. The quantitative estimate of drug-likeness (QED) is 0.472. The number of hydrogen-bond acceptors (Lipinski definition) is 2. The van der Waals surface area contributed by atoms with E-state index in [0.29, 0.717) is 0 Å². The van der Waals surface area contributed by atoms with Gasteiger partial charge in [-0.05, 0) is 26.1 Å². The van der Waals surface area contributed by atoms with E-state index < -0.39 is 0 Å². The van der Waals surface area contributed by atoms with Gasteiger partial charge in [0.1, 0.15) is 0 Å². The summed E-state index contributed by atoms with van der Waals surface area (Å²) in [7, 11) is 0. The Kier molecular flexibility index (Phi) is 14.9. The molecule has 0 unspecified atom stereocenters. The minimum atomic E-state index is 1.09. The summed E-state index contributed by atoms with van der Waals surface area (Å²) in [5, 5.41) is 3.40. The van der Waals surface area contributed by atoms with E-state index in [-0.39, 0.29) is 0 Å². The first-order chi connectivity index (χ1) is 8.85. The molecule has 0 saturated heterocycles. The Morgan fingerprint density at radius 3 is 1.89 bits per heavy atom. The Morgan fingerprint density at radius 2 is 1.33 bits per heavy atom. The highest BCUT2D eigenvalue weighted by atomic mass is 15.1. The molecule has 0 spiro atoms. The summed E-state index contributed by atoms with van der Waals surface area (Å²) in [6.45, 7) is 12.7. The largest absolute Gasteiger partial charge is 0.316 e. The minimum Gasteiger partial charge on any atom is -0.316 e. The van der Waals surface area contributed by atoms with E-state index in [1.54, 1.807) is 0 Å². The van der Waals surface area contributed by atoms with Crippen LogP contribution in [-0.4, -0.2) is 37.6 Å². The topological polar surface area (TPSA) is 15.3 Å². The van der Waals surface area contributed by atoms with Crippen molar-refractivity contribution in [3.05, 3.63) is 0 Å². The molecule has 0 aliphatic heterocycles. The zero-order valence-electron chi connectivity index (χ0n) is 13.1. The van der Waals surface area contributed by atoms with Crippen molar-refractivity contribution in [2.45, 2.75) is 72.1 Å². The molecule has 0 radical (unpaired) electrons. The molecule has 0 amide bonds. The molecule has 0 saturated carbocycles. The van der Waals surface area contributed by atoms with Gasteiger partial charge in [-0.25, -0.2) is 0 Å². The van der Waals surface area contributed by atoms with Gasteiger partial charge in [-0.1, -0.05) is 65.7 Å². The van der Waals surface area contributed by atoms with Crippen LogP contribution in [0.2, 0.25) is 0 Å². The summed E-state index contributed by atoms with van der Waals surface area (Å²) >= 11 is 0. The van der Waals surface area contributed by atoms with Crippen LogP contribution in [0.25, 0.3) is 0 Å². The van der Waals surface area contributed by atoms with Gasteiger partial charge in [0.15, 0.2) is 0 Å². The second kappa shape index (κ2) is 15.0. The lowest BCUT2D eigenvalue weighted by atomic mass is 10.1. The molecule has 0 aromatic rings. The lowest BCUT2D eigenvalue weighted by molar-refractivity contribution is 0.280. The maximum atomic E-state index is 3.40. The summed E-state index contributed by atoms with van der Waals surface area (Å²) in [4.78, 5) is 2.57. The Balaban J connectivity index is 3.23. The third-order valence-corrected chi connectivity index (χ3v) is 3.63. The van der Waals surface area contributed by atoms with E-state index >= 15 is 0 Å². The number of nitrogens with one attached hydrogen (secondary N) is 1. The smallest absolute Gasteiger partial charge is 0.0107 e. The predicted octanol–water partition coefficient (Wildman–Crippen LogP) is 4.06. The number of rotatable bonds is 14. The zero-order chi connectivity index (χ0) is 13.5. The molecule has 0 rings (SSSR count). The third-order valence-electron chi connectivity index (χ3n) is 3.63. The maximum absolute atomic E-state index is 3.40. The number of nitrogens with zero attached hydrogens (tertiary/aromatic N) is 1. The van der Waals surface area contributed by atoms with E-state index in [9.17, 15) is 0 Å². The van der Waals surface area contributed by atoms with Crippen LogP contribution in [0.4, 0.5) is 0 Å². The molecule has 0 bridgehead atoms. The highest BCUT2D eigenvalue weighted by Crippen LogP contribution is 2.08. The van der Waals surface area contributed by atoms with Crippen LogP contribution in [0, 0.1) is 0 Å². The van der Waals surface area contributed by atoms with Crippen molar-refractivity contribution >= 4 is 0 Å². The van der Waals surface area contributed by atoms with Crippen molar-refractivity contribution in [2.75, 3.05) is 32.7 Å². The molecular weight excluding hydrogens is 220 g/mol. The van der Waals surface area contributed by atoms with Crippen LogP contribution in [0.15, 0.2) is 0 Å². The molecule has 18 heavy (non-hydrogen) atoms. The summed E-state index contributed by atoms with van der Waals surface area (Å²) in [5.74, 6) is 0. The number of likely N-dealkylation sites (N-methyl/N-ethyl adjacent to an activating group) is 2. The van der Waals surface area contributed by atoms with Crippen molar-refractivity contribution in [1.29, 1.82) is 0 Å². The van der Waals surface area contributed by atoms with Gasteiger partial charge in [-0.15, -0.1) is 0 Å². The molecule has 2 heteroatoms. The minimum absolute atomic E-state index is 1.09. The van der Waals surface area contributed by atoms with Crippen molar-refractivity contribution in [2.24, 2.45) is 0 Å². The average molecular weight is 256 g/mol. The fourth-order valence-corrected chi connectivity index (χ4v) is 2.31. The van der Waals surface area contributed by atoms with Crippen LogP contribution in [-0.2, 0) is 0 Å². The van der Waals surface area contributed by atoms with E-state index in [1.165, 1.54) is 71.0 Å². The molecule has 0 aromatic carbocycles. The first-order valence-corrected chi connectivity index (χ1v) is 8.28. The Labute approximate surface area is 116 Å². The monoisotopic (exact) mass is 256 g/mol. The number of hydrogen-bond donors (Lipinski definition) is 1. The van der Waals surface area contributed by atoms with Gasteiger partial charge in [0.05, 0.1) is 0 Å². The average Bonchev–Trinajstić information content (AvgIpc) is 2.40. The van der Waals surface area contributed by atoms with E-state index in [0.717, 1.165) is 13.1 Å². The fourth-order valence-electron chi connectivity index (χ4n) is 2.31. The number of unbranched alkanes of at least 4 members (excludes halogenated alkanes) is 7. The molecule has 2 nitrogen and oxygen atoms in total. The molecular formula is C16H36N2. The van der Waals surface area contributed by atoms with E-state index in [1.807, 2.05) is 0 Å². The van der Waals surface area contributed by atoms with E-state index in [4.69, 9.17) is 0 Å². The second-order valence-corrected chi connectivity index (χ2v) is 5.26. The highest BCUT2D eigenvalue weighted by molar-refractivity contribution is 4.58. The third kappa shape index (κ3) is 12.4. The summed E-state index contributed by atoms with van der Waals surface area (Å²) in [5.41, 5.74) is 0. The van der Waals surface area contributed by atoms with Gasteiger partial charge in [0.2, 0.25) is 0 Å². The lowest BCUT2D eigenvalue weighted by Crippen LogP contribution is -2.32. The van der Waals surface area contributed by atoms with Gasteiger partial charge < -0.3 is 10.2 Å². The molecule has 1 N–H and O–H groups in total. The fraction of sp³-hybridized carbons (Fsp3) is 1.00. The van der Waals surface area contributed by atoms with Crippen molar-refractivity contribution in [3.8, 4) is 0 Å². The SMILES string of the molecule is CCCCCCCCCCN(CC)CCNCC. The highest BCUT2D eigenvalue weighted by Gasteiger charge is 2.00. The van der Waals surface area contributed by atoms with Crippen molar-refractivity contribution in [3.63, 3.8) is 0 Å². The standard InChI is InChI=1S/C16H36N2/c1-4-7-8-9-10-11-12-13-15-18(6-3)16-14-17-5-2/h17H,4-16H2,1-3H3. The summed E-state index contributed by atoms with van der Waals surface area (Å²) < 4.78 is 0. The van der Waals surface area contributed by atoms with Crippen LogP contribution >= 0.6 is 0 Å². The molecule has 110 valence electrons. The molecule has 0 fully saturated rings. The lowest BCUT2D eigenvalue weighted by Gasteiger charge is -2.20. The van der Waals surface area contributed by atoms with Gasteiger partial charge in [-0.3, -0.25) is 0 Å². The van der Waals surface area contributed by atoms with Crippen molar-refractivity contribution in [1.82, 2.24) is 10.2 Å². The van der Waals surface area contributed by atoms with Gasteiger partial charge in [0, 0.05) is 13.1 Å². The van der Waals surface area contributed by atoms with E-state index in [2.05, 4.69) is 31.0 Å². The van der Waals surface area contributed by atoms with Gasteiger partial charge in [0.25, 0.3) is 0 Å². The molecule has 0 aromatic heterocycles. The Hall–Kier alpha value is -0.0800. The normalized spacial score (nSPS) is 11.3. The first-order valence-electron chi connectivity index (χ1n) is 8.28. The Morgan fingerprint density at radius 1 is 0.722 bits per heavy atom.